The number of nitrogens with zero attached hydrogens (tertiary/aromatic N) is 3. The van der Waals surface area contributed by atoms with Crippen LogP contribution < -0.4 is 16.6 Å². The van der Waals surface area contributed by atoms with E-state index in [9.17, 15) is 4.79 Å². The van der Waals surface area contributed by atoms with Crippen LogP contribution in [-0.2, 0) is 7.05 Å². The van der Waals surface area contributed by atoms with Crippen LogP contribution in [0.15, 0.2) is 35.5 Å². The van der Waals surface area contributed by atoms with Gasteiger partial charge in [0, 0.05) is 25.3 Å². The molecule has 6 nitrogen and oxygen atoms in total. The first-order valence-electron chi connectivity index (χ1n) is 7.13. The maximum Gasteiger partial charge on any atom is 0.259 e. The Balaban J connectivity index is 1.78. The van der Waals surface area contributed by atoms with E-state index in [2.05, 4.69) is 15.3 Å². The molecule has 1 saturated carbocycles. The highest BCUT2D eigenvalue weighted by Gasteiger charge is 2.21. The molecule has 2 aromatic rings. The normalized spacial score (nSPS) is 21.4. The molecule has 1 fully saturated rings. The van der Waals surface area contributed by atoms with E-state index < -0.39 is 0 Å². The fraction of sp³-hybridized carbons (Fsp3) is 0.400. The molecule has 1 aliphatic rings. The second-order valence-corrected chi connectivity index (χ2v) is 5.54. The quantitative estimate of drug-likeness (QED) is 0.883. The maximum absolute atomic E-state index is 12.0. The summed E-state index contributed by atoms with van der Waals surface area (Å²) in [6, 6.07) is 4.23. The first-order valence-corrected chi connectivity index (χ1v) is 7.13. The topological polar surface area (TPSA) is 85.8 Å². The molecule has 0 amide bonds. The fourth-order valence-electron chi connectivity index (χ4n) is 2.69. The predicted octanol–water partition coefficient (Wildman–Crippen LogP) is 1.13. The summed E-state index contributed by atoms with van der Waals surface area (Å²) < 4.78 is 1.53. The number of hydrogen-bond acceptors (Lipinski definition) is 5. The lowest BCUT2D eigenvalue weighted by Crippen LogP contribution is -2.21. The summed E-state index contributed by atoms with van der Waals surface area (Å²) in [4.78, 5) is 20.7. The van der Waals surface area contributed by atoms with Crippen LogP contribution >= 0.6 is 0 Å². The van der Waals surface area contributed by atoms with Crippen LogP contribution in [0.1, 0.15) is 19.3 Å². The van der Waals surface area contributed by atoms with E-state index in [1.54, 1.807) is 31.7 Å². The lowest BCUT2D eigenvalue weighted by atomic mass is 10.2. The monoisotopic (exact) mass is 285 g/mol. The molecule has 2 aromatic heterocycles. The molecular weight excluding hydrogens is 266 g/mol. The molecule has 0 aromatic carbocycles. The molecule has 3 rings (SSSR count). The Morgan fingerprint density at radius 2 is 2.19 bits per heavy atom. The van der Waals surface area contributed by atoms with Crippen molar-refractivity contribution in [2.45, 2.75) is 31.3 Å². The Kier molecular flexibility index (Phi) is 3.70. The zero-order valence-electron chi connectivity index (χ0n) is 12.0. The van der Waals surface area contributed by atoms with E-state index in [0.717, 1.165) is 25.1 Å². The average molecular weight is 285 g/mol. The van der Waals surface area contributed by atoms with Crippen molar-refractivity contribution in [3.63, 3.8) is 0 Å². The lowest BCUT2D eigenvalue weighted by molar-refractivity contribution is 0.686. The van der Waals surface area contributed by atoms with E-state index in [0.29, 0.717) is 17.3 Å². The first kappa shape index (κ1) is 13.8. The number of pyridine rings is 1. The highest BCUT2D eigenvalue weighted by molar-refractivity contribution is 5.57. The van der Waals surface area contributed by atoms with Crippen molar-refractivity contribution in [2.75, 3.05) is 5.32 Å². The number of anilines is 1. The molecule has 0 spiro atoms. The van der Waals surface area contributed by atoms with Gasteiger partial charge in [-0.05, 0) is 31.4 Å². The van der Waals surface area contributed by atoms with E-state index >= 15 is 0 Å². The van der Waals surface area contributed by atoms with Crippen LogP contribution in [0.25, 0.3) is 11.3 Å². The maximum atomic E-state index is 12.0. The fourth-order valence-corrected chi connectivity index (χ4v) is 2.69. The Morgan fingerprint density at radius 1 is 1.33 bits per heavy atom. The summed E-state index contributed by atoms with van der Waals surface area (Å²) in [6.45, 7) is 0. The Bertz CT molecular complexity index is 679. The van der Waals surface area contributed by atoms with Crippen LogP contribution in [0, 0.1) is 0 Å². The van der Waals surface area contributed by atoms with Gasteiger partial charge in [-0.25, -0.2) is 4.98 Å². The van der Waals surface area contributed by atoms with E-state index in [-0.39, 0.29) is 11.6 Å². The van der Waals surface area contributed by atoms with Gasteiger partial charge in [0.25, 0.3) is 5.56 Å². The Labute approximate surface area is 123 Å². The third kappa shape index (κ3) is 2.95. The van der Waals surface area contributed by atoms with Gasteiger partial charge in [-0.1, -0.05) is 0 Å². The molecule has 110 valence electrons. The van der Waals surface area contributed by atoms with Crippen molar-refractivity contribution in [2.24, 2.45) is 12.8 Å². The highest BCUT2D eigenvalue weighted by atomic mass is 16.1. The largest absolute Gasteiger partial charge is 0.366 e. The molecule has 1 aliphatic carbocycles. The number of nitrogens with one attached hydrogen (secondary N) is 1. The van der Waals surface area contributed by atoms with Crippen molar-refractivity contribution in [3.8, 4) is 11.3 Å². The number of rotatable bonds is 3. The standard InChI is InChI=1S/C15H19N5O/c1-20-6-2-3-12(15(20)21)13-8-18-14(9-17-13)19-11-5-4-10(16)7-11/h2-3,6,8-11H,4-5,7,16H2,1H3,(H,18,19)/t10-,11-/m0/s1. The van der Waals surface area contributed by atoms with Gasteiger partial charge < -0.3 is 15.6 Å². The zero-order chi connectivity index (χ0) is 14.8. The molecule has 0 aliphatic heterocycles. The summed E-state index contributed by atoms with van der Waals surface area (Å²) in [7, 11) is 1.72. The summed E-state index contributed by atoms with van der Waals surface area (Å²) in [5.41, 5.74) is 6.97. The van der Waals surface area contributed by atoms with Gasteiger partial charge in [-0.2, -0.15) is 0 Å². The average Bonchev–Trinajstić information content (AvgIpc) is 2.88. The van der Waals surface area contributed by atoms with Crippen molar-refractivity contribution in [3.05, 3.63) is 41.1 Å². The SMILES string of the molecule is Cn1cccc(-c2cnc(N[C@H]3CC[C@H](N)C3)cn2)c1=O. The van der Waals surface area contributed by atoms with Gasteiger partial charge in [0.05, 0.1) is 23.7 Å². The van der Waals surface area contributed by atoms with Crippen molar-refractivity contribution >= 4 is 5.82 Å². The molecule has 0 bridgehead atoms. The highest BCUT2D eigenvalue weighted by Crippen LogP contribution is 2.21. The Morgan fingerprint density at radius 3 is 2.86 bits per heavy atom. The summed E-state index contributed by atoms with van der Waals surface area (Å²) in [5.74, 6) is 0.727. The molecule has 2 atom stereocenters. The predicted molar refractivity (Wildman–Crippen MR) is 81.9 cm³/mol. The number of aromatic nitrogens is 3. The molecule has 21 heavy (non-hydrogen) atoms. The minimum absolute atomic E-state index is 0.0747. The second-order valence-electron chi connectivity index (χ2n) is 5.54. The summed E-state index contributed by atoms with van der Waals surface area (Å²) in [6.07, 6.45) is 8.09. The molecule has 3 N–H and O–H groups in total. The van der Waals surface area contributed by atoms with E-state index in [1.807, 2.05) is 6.07 Å². The van der Waals surface area contributed by atoms with E-state index in [4.69, 9.17) is 5.73 Å². The van der Waals surface area contributed by atoms with Crippen LogP contribution in [0.3, 0.4) is 0 Å². The second kappa shape index (κ2) is 5.65. The van der Waals surface area contributed by atoms with Crippen LogP contribution in [0.5, 0.6) is 0 Å². The minimum Gasteiger partial charge on any atom is -0.366 e. The van der Waals surface area contributed by atoms with Crippen LogP contribution in [-0.4, -0.2) is 26.6 Å². The van der Waals surface area contributed by atoms with E-state index in [1.165, 1.54) is 4.57 Å². The smallest absolute Gasteiger partial charge is 0.259 e. The van der Waals surface area contributed by atoms with Gasteiger partial charge in [-0.3, -0.25) is 9.78 Å². The van der Waals surface area contributed by atoms with Crippen molar-refractivity contribution < 1.29 is 0 Å². The first-order chi connectivity index (χ1) is 10.1. The van der Waals surface area contributed by atoms with Crippen molar-refractivity contribution in [1.29, 1.82) is 0 Å². The number of nitrogens with two attached hydrogens (primary N) is 1. The molecule has 0 radical (unpaired) electrons. The van der Waals surface area contributed by atoms with Gasteiger partial charge in [-0.15, -0.1) is 0 Å². The third-order valence-corrected chi connectivity index (χ3v) is 3.88. The van der Waals surface area contributed by atoms with Gasteiger partial charge >= 0.3 is 0 Å². The van der Waals surface area contributed by atoms with Gasteiger partial charge in [0.1, 0.15) is 5.82 Å². The number of hydrogen-bond donors (Lipinski definition) is 2. The molecule has 0 unspecified atom stereocenters. The van der Waals surface area contributed by atoms with Crippen LogP contribution in [0.4, 0.5) is 5.82 Å². The summed E-state index contributed by atoms with van der Waals surface area (Å²) in [5, 5.41) is 3.34. The molecule has 6 heteroatoms. The van der Waals surface area contributed by atoms with Crippen LogP contribution in [0.2, 0.25) is 0 Å². The molecular formula is C15H19N5O. The van der Waals surface area contributed by atoms with Gasteiger partial charge in [0.2, 0.25) is 0 Å². The van der Waals surface area contributed by atoms with Gasteiger partial charge in [0.15, 0.2) is 0 Å². The zero-order valence-corrected chi connectivity index (χ0v) is 12.0. The molecule has 0 saturated heterocycles. The summed E-state index contributed by atoms with van der Waals surface area (Å²) >= 11 is 0. The number of aryl methyl sites for hydroxylation is 1. The lowest BCUT2D eigenvalue weighted by Gasteiger charge is -2.12. The third-order valence-electron chi connectivity index (χ3n) is 3.88. The minimum atomic E-state index is -0.0747. The van der Waals surface area contributed by atoms with Crippen molar-refractivity contribution in [1.82, 2.24) is 14.5 Å². The molecule has 2 heterocycles. The Hall–Kier alpha value is -2.21.